The van der Waals surface area contributed by atoms with Crippen molar-refractivity contribution in [2.75, 3.05) is 6.54 Å². The SMILES string of the molecule is FCc1cccc(CC2CCCCN2)c1. The summed E-state index contributed by atoms with van der Waals surface area (Å²) in [6, 6.07) is 8.46. The van der Waals surface area contributed by atoms with Crippen molar-refractivity contribution < 1.29 is 4.39 Å². The summed E-state index contributed by atoms with van der Waals surface area (Å²) >= 11 is 0. The van der Waals surface area contributed by atoms with E-state index in [0.29, 0.717) is 6.04 Å². The molecule has 0 aromatic heterocycles. The first-order valence-corrected chi connectivity index (χ1v) is 5.75. The summed E-state index contributed by atoms with van der Waals surface area (Å²) in [5.41, 5.74) is 2.05. The van der Waals surface area contributed by atoms with E-state index in [4.69, 9.17) is 0 Å². The summed E-state index contributed by atoms with van der Waals surface area (Å²) < 4.78 is 12.5. The van der Waals surface area contributed by atoms with E-state index in [1.807, 2.05) is 18.2 Å². The Kier molecular flexibility index (Phi) is 3.73. The van der Waals surface area contributed by atoms with Crippen molar-refractivity contribution in [3.05, 3.63) is 35.4 Å². The van der Waals surface area contributed by atoms with Gasteiger partial charge in [0.1, 0.15) is 6.67 Å². The van der Waals surface area contributed by atoms with Crippen molar-refractivity contribution in [3.8, 4) is 0 Å². The van der Waals surface area contributed by atoms with Crippen LogP contribution in [0.2, 0.25) is 0 Å². The normalized spacial score (nSPS) is 21.5. The van der Waals surface area contributed by atoms with Crippen LogP contribution in [0.1, 0.15) is 30.4 Å². The fourth-order valence-electron chi connectivity index (χ4n) is 2.22. The van der Waals surface area contributed by atoms with Crippen molar-refractivity contribution in [2.24, 2.45) is 0 Å². The van der Waals surface area contributed by atoms with Gasteiger partial charge in [-0.05, 0) is 36.9 Å². The molecular weight excluding hydrogens is 189 g/mol. The van der Waals surface area contributed by atoms with Gasteiger partial charge < -0.3 is 5.32 Å². The maximum Gasteiger partial charge on any atom is 0.115 e. The van der Waals surface area contributed by atoms with Crippen molar-refractivity contribution >= 4 is 0 Å². The average molecular weight is 207 g/mol. The van der Waals surface area contributed by atoms with Gasteiger partial charge >= 0.3 is 0 Å². The molecule has 15 heavy (non-hydrogen) atoms. The molecule has 1 fully saturated rings. The monoisotopic (exact) mass is 207 g/mol. The maximum atomic E-state index is 12.5. The van der Waals surface area contributed by atoms with E-state index in [0.717, 1.165) is 18.5 Å². The first kappa shape index (κ1) is 10.6. The molecule has 0 aliphatic carbocycles. The molecule has 1 unspecified atom stereocenters. The van der Waals surface area contributed by atoms with E-state index in [9.17, 15) is 4.39 Å². The molecule has 1 aliphatic rings. The highest BCUT2D eigenvalue weighted by molar-refractivity contribution is 5.23. The molecule has 1 N–H and O–H groups in total. The van der Waals surface area contributed by atoms with Crippen LogP contribution in [-0.2, 0) is 13.1 Å². The van der Waals surface area contributed by atoms with E-state index < -0.39 is 0 Å². The summed E-state index contributed by atoms with van der Waals surface area (Å²) in [5, 5.41) is 3.51. The zero-order chi connectivity index (χ0) is 10.5. The van der Waals surface area contributed by atoms with Crippen LogP contribution in [0, 0.1) is 0 Å². The molecule has 1 aromatic rings. The smallest absolute Gasteiger partial charge is 0.115 e. The topological polar surface area (TPSA) is 12.0 Å². The van der Waals surface area contributed by atoms with Crippen LogP contribution in [0.4, 0.5) is 4.39 Å². The number of hydrogen-bond donors (Lipinski definition) is 1. The van der Waals surface area contributed by atoms with Crippen LogP contribution in [0.3, 0.4) is 0 Å². The van der Waals surface area contributed by atoms with Gasteiger partial charge in [-0.1, -0.05) is 30.7 Å². The first-order valence-electron chi connectivity index (χ1n) is 5.75. The lowest BCUT2D eigenvalue weighted by Crippen LogP contribution is -2.35. The molecular formula is C13H18FN. The standard InChI is InChI=1S/C13H18FN/c14-10-12-5-3-4-11(8-12)9-13-6-1-2-7-15-13/h3-5,8,13,15H,1-2,6-7,9-10H2. The Morgan fingerprint density at radius 3 is 2.87 bits per heavy atom. The maximum absolute atomic E-state index is 12.5. The minimum Gasteiger partial charge on any atom is -0.314 e. The molecule has 0 bridgehead atoms. The second-order valence-electron chi connectivity index (χ2n) is 4.30. The van der Waals surface area contributed by atoms with E-state index >= 15 is 0 Å². The van der Waals surface area contributed by atoms with Gasteiger partial charge in [0.25, 0.3) is 0 Å². The second-order valence-corrected chi connectivity index (χ2v) is 4.30. The van der Waals surface area contributed by atoms with Gasteiger partial charge in [-0.25, -0.2) is 4.39 Å². The quantitative estimate of drug-likeness (QED) is 0.803. The Hall–Kier alpha value is -0.890. The fraction of sp³-hybridized carbons (Fsp3) is 0.538. The third kappa shape index (κ3) is 3.03. The summed E-state index contributed by atoms with van der Waals surface area (Å²) in [6.07, 6.45) is 4.90. The van der Waals surface area contributed by atoms with Crippen molar-refractivity contribution in [2.45, 2.75) is 38.4 Å². The molecule has 0 saturated carbocycles. The Morgan fingerprint density at radius 2 is 2.13 bits per heavy atom. The number of alkyl halides is 1. The third-order valence-corrected chi connectivity index (χ3v) is 3.04. The molecule has 1 heterocycles. The minimum absolute atomic E-state index is 0.355. The second kappa shape index (κ2) is 5.26. The minimum atomic E-state index is -0.355. The fourth-order valence-corrected chi connectivity index (χ4v) is 2.22. The Bertz CT molecular complexity index is 305. The highest BCUT2D eigenvalue weighted by Crippen LogP contribution is 2.14. The van der Waals surface area contributed by atoms with Gasteiger partial charge in [-0.15, -0.1) is 0 Å². The predicted molar refractivity (Wildman–Crippen MR) is 60.6 cm³/mol. The Balaban J connectivity index is 1.96. The average Bonchev–Trinajstić information content (AvgIpc) is 2.31. The van der Waals surface area contributed by atoms with E-state index in [-0.39, 0.29) is 6.67 Å². The highest BCUT2D eigenvalue weighted by atomic mass is 19.1. The molecule has 2 heteroatoms. The molecule has 1 nitrogen and oxygen atoms in total. The zero-order valence-corrected chi connectivity index (χ0v) is 9.01. The third-order valence-electron chi connectivity index (χ3n) is 3.04. The van der Waals surface area contributed by atoms with Crippen LogP contribution in [0.25, 0.3) is 0 Å². The van der Waals surface area contributed by atoms with Crippen LogP contribution < -0.4 is 5.32 Å². The number of hydrogen-bond acceptors (Lipinski definition) is 1. The van der Waals surface area contributed by atoms with Crippen molar-refractivity contribution in [1.82, 2.24) is 5.32 Å². The van der Waals surface area contributed by atoms with Crippen molar-refractivity contribution in [3.63, 3.8) is 0 Å². The number of halogens is 1. The molecule has 0 radical (unpaired) electrons. The molecule has 2 rings (SSSR count). The molecule has 0 spiro atoms. The van der Waals surface area contributed by atoms with Crippen molar-refractivity contribution in [1.29, 1.82) is 0 Å². The lowest BCUT2D eigenvalue weighted by atomic mass is 9.97. The molecule has 1 aromatic carbocycles. The number of piperidine rings is 1. The number of benzene rings is 1. The molecule has 82 valence electrons. The Labute approximate surface area is 90.7 Å². The van der Waals surface area contributed by atoms with Gasteiger partial charge in [0.2, 0.25) is 0 Å². The van der Waals surface area contributed by atoms with E-state index in [1.54, 1.807) is 0 Å². The van der Waals surface area contributed by atoms with Gasteiger partial charge in [-0.3, -0.25) is 0 Å². The molecule has 1 aliphatic heterocycles. The number of nitrogens with one attached hydrogen (secondary N) is 1. The lowest BCUT2D eigenvalue weighted by molar-refractivity contribution is 0.399. The van der Waals surface area contributed by atoms with Crippen LogP contribution in [0.15, 0.2) is 24.3 Å². The van der Waals surface area contributed by atoms with E-state index in [2.05, 4.69) is 11.4 Å². The molecule has 0 amide bonds. The van der Waals surface area contributed by atoms with Crippen LogP contribution in [-0.4, -0.2) is 12.6 Å². The lowest BCUT2D eigenvalue weighted by Gasteiger charge is -2.23. The summed E-state index contributed by atoms with van der Waals surface area (Å²) in [7, 11) is 0. The van der Waals surface area contributed by atoms with Gasteiger partial charge in [0.05, 0.1) is 0 Å². The molecule has 1 saturated heterocycles. The van der Waals surface area contributed by atoms with Crippen LogP contribution in [0.5, 0.6) is 0 Å². The van der Waals surface area contributed by atoms with Gasteiger partial charge in [0.15, 0.2) is 0 Å². The molecule has 1 atom stereocenters. The van der Waals surface area contributed by atoms with Crippen LogP contribution >= 0.6 is 0 Å². The highest BCUT2D eigenvalue weighted by Gasteiger charge is 2.12. The van der Waals surface area contributed by atoms with Gasteiger partial charge in [-0.2, -0.15) is 0 Å². The zero-order valence-electron chi connectivity index (χ0n) is 9.01. The van der Waals surface area contributed by atoms with E-state index in [1.165, 1.54) is 24.8 Å². The summed E-state index contributed by atoms with van der Waals surface area (Å²) in [5.74, 6) is 0. The Morgan fingerprint density at radius 1 is 1.27 bits per heavy atom. The predicted octanol–water partition coefficient (Wildman–Crippen LogP) is 2.84. The summed E-state index contributed by atoms with van der Waals surface area (Å²) in [4.78, 5) is 0. The van der Waals surface area contributed by atoms with Gasteiger partial charge in [0, 0.05) is 6.04 Å². The number of rotatable bonds is 3. The summed E-state index contributed by atoms with van der Waals surface area (Å²) in [6.45, 7) is 0.777. The first-order chi connectivity index (χ1) is 7.38. The largest absolute Gasteiger partial charge is 0.314 e.